The number of hydrogen-bond donors (Lipinski definition) is 1. The zero-order valence-electron chi connectivity index (χ0n) is 11.6. The van der Waals surface area contributed by atoms with Gasteiger partial charge >= 0.3 is 0 Å². The maximum absolute atomic E-state index is 11.9. The number of carbonyl (C=O) groups excluding carboxylic acids is 2. The van der Waals surface area contributed by atoms with E-state index in [9.17, 15) is 9.59 Å². The van der Waals surface area contributed by atoms with Crippen LogP contribution in [0.4, 0.5) is 5.69 Å². The highest BCUT2D eigenvalue weighted by molar-refractivity contribution is 5.96. The third-order valence-electron chi connectivity index (χ3n) is 3.91. The predicted molar refractivity (Wildman–Crippen MR) is 75.1 cm³/mol. The standard InChI is InChI=1S/C15H20N2O2/c1-4-13-9(2)7-12-8-11(15(16)19)5-6-14(12)17(13)10(3)18/h5-6,8-9,13H,4,7H2,1-3H3,(H2,16,19)/t9?,13-/m0/s1. The van der Waals surface area contributed by atoms with Crippen LogP contribution in [0.5, 0.6) is 0 Å². The van der Waals surface area contributed by atoms with Gasteiger partial charge in [0.05, 0.1) is 0 Å². The topological polar surface area (TPSA) is 63.4 Å². The Morgan fingerprint density at radius 1 is 1.42 bits per heavy atom. The normalized spacial score (nSPS) is 21.9. The van der Waals surface area contributed by atoms with Gasteiger partial charge in [-0.3, -0.25) is 9.59 Å². The molecule has 0 spiro atoms. The second kappa shape index (κ2) is 5.03. The van der Waals surface area contributed by atoms with E-state index < -0.39 is 5.91 Å². The van der Waals surface area contributed by atoms with E-state index >= 15 is 0 Å². The molecule has 1 heterocycles. The van der Waals surface area contributed by atoms with Crippen LogP contribution >= 0.6 is 0 Å². The lowest BCUT2D eigenvalue weighted by molar-refractivity contribution is -0.117. The largest absolute Gasteiger partial charge is 0.366 e. The number of benzene rings is 1. The number of rotatable bonds is 2. The van der Waals surface area contributed by atoms with E-state index in [2.05, 4.69) is 13.8 Å². The highest BCUT2D eigenvalue weighted by Crippen LogP contribution is 2.35. The third kappa shape index (κ3) is 2.35. The van der Waals surface area contributed by atoms with Gasteiger partial charge < -0.3 is 10.6 Å². The second-order valence-corrected chi connectivity index (χ2v) is 5.25. The van der Waals surface area contributed by atoms with Crippen molar-refractivity contribution in [1.82, 2.24) is 0 Å². The summed E-state index contributed by atoms with van der Waals surface area (Å²) in [5.74, 6) is -0.00144. The summed E-state index contributed by atoms with van der Waals surface area (Å²) in [6.07, 6.45) is 1.80. The van der Waals surface area contributed by atoms with Crippen LogP contribution in [0.3, 0.4) is 0 Å². The zero-order valence-corrected chi connectivity index (χ0v) is 11.6. The summed E-state index contributed by atoms with van der Waals surface area (Å²) in [6, 6.07) is 5.57. The highest BCUT2D eigenvalue weighted by Gasteiger charge is 2.33. The molecule has 1 aromatic rings. The first-order valence-electron chi connectivity index (χ1n) is 6.68. The van der Waals surface area contributed by atoms with Gasteiger partial charge in [0, 0.05) is 24.2 Å². The first-order chi connectivity index (χ1) is 8.95. The minimum Gasteiger partial charge on any atom is -0.366 e. The number of nitrogens with two attached hydrogens (primary N) is 1. The molecule has 0 saturated carbocycles. The van der Waals surface area contributed by atoms with Crippen LogP contribution in [0.15, 0.2) is 18.2 Å². The summed E-state index contributed by atoms with van der Waals surface area (Å²) < 4.78 is 0. The van der Waals surface area contributed by atoms with Crippen molar-refractivity contribution in [3.63, 3.8) is 0 Å². The summed E-state index contributed by atoms with van der Waals surface area (Å²) in [5, 5.41) is 0. The summed E-state index contributed by atoms with van der Waals surface area (Å²) in [7, 11) is 0. The van der Waals surface area contributed by atoms with Crippen molar-refractivity contribution in [1.29, 1.82) is 0 Å². The van der Waals surface area contributed by atoms with Gasteiger partial charge in [-0.25, -0.2) is 0 Å². The van der Waals surface area contributed by atoms with Crippen molar-refractivity contribution >= 4 is 17.5 Å². The molecule has 0 bridgehead atoms. The maximum Gasteiger partial charge on any atom is 0.248 e. The molecule has 0 fully saturated rings. The summed E-state index contributed by atoms with van der Waals surface area (Å²) in [4.78, 5) is 25.0. The molecule has 1 unspecified atom stereocenters. The molecule has 1 aliphatic rings. The summed E-state index contributed by atoms with van der Waals surface area (Å²) in [6.45, 7) is 5.83. The van der Waals surface area contributed by atoms with Gasteiger partial charge in [0.1, 0.15) is 0 Å². The van der Waals surface area contributed by atoms with Crippen LogP contribution in [0.25, 0.3) is 0 Å². The minimum absolute atomic E-state index is 0.0477. The fourth-order valence-electron chi connectivity index (χ4n) is 3.04. The van der Waals surface area contributed by atoms with Crippen LogP contribution in [0, 0.1) is 5.92 Å². The Balaban J connectivity index is 2.52. The average Bonchev–Trinajstić information content (AvgIpc) is 2.35. The zero-order chi connectivity index (χ0) is 14.2. The van der Waals surface area contributed by atoms with Crippen LogP contribution in [-0.4, -0.2) is 17.9 Å². The van der Waals surface area contributed by atoms with Gasteiger partial charge in [0.15, 0.2) is 0 Å². The van der Waals surface area contributed by atoms with Crippen molar-refractivity contribution < 1.29 is 9.59 Å². The second-order valence-electron chi connectivity index (χ2n) is 5.25. The molecule has 2 amide bonds. The Bertz CT molecular complexity index is 525. The number of carbonyl (C=O) groups is 2. The molecule has 4 nitrogen and oxygen atoms in total. The van der Waals surface area contributed by atoms with Crippen molar-refractivity contribution in [2.24, 2.45) is 11.7 Å². The number of anilines is 1. The smallest absolute Gasteiger partial charge is 0.248 e. The molecule has 2 rings (SSSR count). The van der Waals surface area contributed by atoms with Gasteiger partial charge in [-0.15, -0.1) is 0 Å². The molecule has 2 atom stereocenters. The van der Waals surface area contributed by atoms with Crippen LogP contribution in [-0.2, 0) is 11.2 Å². The Labute approximate surface area is 113 Å². The lowest BCUT2D eigenvalue weighted by Crippen LogP contribution is -2.46. The fraction of sp³-hybridized carbons (Fsp3) is 0.467. The van der Waals surface area contributed by atoms with E-state index in [4.69, 9.17) is 5.73 Å². The fourth-order valence-corrected chi connectivity index (χ4v) is 3.04. The predicted octanol–water partition coefficient (Wildman–Crippen LogP) is 2.11. The van der Waals surface area contributed by atoms with E-state index in [-0.39, 0.29) is 11.9 Å². The Hall–Kier alpha value is -1.84. The van der Waals surface area contributed by atoms with Crippen molar-refractivity contribution in [3.05, 3.63) is 29.3 Å². The first-order valence-corrected chi connectivity index (χ1v) is 6.68. The lowest BCUT2D eigenvalue weighted by atomic mass is 9.85. The van der Waals surface area contributed by atoms with Gasteiger partial charge in [-0.05, 0) is 42.5 Å². The third-order valence-corrected chi connectivity index (χ3v) is 3.91. The highest BCUT2D eigenvalue weighted by atomic mass is 16.2. The number of amides is 2. The van der Waals surface area contributed by atoms with Crippen molar-refractivity contribution in [2.75, 3.05) is 4.90 Å². The van der Waals surface area contributed by atoms with Crippen LogP contribution in [0.1, 0.15) is 43.1 Å². The molecule has 102 valence electrons. The summed E-state index contributed by atoms with van der Waals surface area (Å²) in [5.41, 5.74) is 7.76. The molecule has 4 heteroatoms. The van der Waals surface area contributed by atoms with E-state index in [1.54, 1.807) is 13.0 Å². The molecular formula is C15H20N2O2. The van der Waals surface area contributed by atoms with E-state index in [1.807, 2.05) is 17.0 Å². The Morgan fingerprint density at radius 2 is 2.11 bits per heavy atom. The molecule has 1 aliphatic heterocycles. The van der Waals surface area contributed by atoms with Gasteiger partial charge in [-0.1, -0.05) is 13.8 Å². The number of hydrogen-bond acceptors (Lipinski definition) is 2. The van der Waals surface area contributed by atoms with E-state index in [0.717, 1.165) is 24.1 Å². The maximum atomic E-state index is 11.9. The number of primary amides is 1. The SMILES string of the molecule is CC[C@H]1C(C)Cc2cc(C(N)=O)ccc2N1C(C)=O. The van der Waals surface area contributed by atoms with Gasteiger partial charge in [0.2, 0.25) is 11.8 Å². The molecular weight excluding hydrogens is 240 g/mol. The van der Waals surface area contributed by atoms with E-state index in [1.165, 1.54) is 0 Å². The molecule has 19 heavy (non-hydrogen) atoms. The van der Waals surface area contributed by atoms with Gasteiger partial charge in [-0.2, -0.15) is 0 Å². The molecule has 0 saturated heterocycles. The molecule has 0 aromatic heterocycles. The monoisotopic (exact) mass is 260 g/mol. The van der Waals surface area contributed by atoms with Crippen LogP contribution < -0.4 is 10.6 Å². The molecule has 1 aromatic carbocycles. The van der Waals surface area contributed by atoms with Crippen LogP contribution in [0.2, 0.25) is 0 Å². The average molecular weight is 260 g/mol. The van der Waals surface area contributed by atoms with Crippen molar-refractivity contribution in [2.45, 2.75) is 39.7 Å². The molecule has 0 aliphatic carbocycles. The molecule has 0 radical (unpaired) electrons. The number of nitrogens with zero attached hydrogens (tertiary/aromatic N) is 1. The number of fused-ring (bicyclic) bond motifs is 1. The summed E-state index contributed by atoms with van der Waals surface area (Å²) >= 11 is 0. The molecule has 2 N–H and O–H groups in total. The Kier molecular flexibility index (Phi) is 3.60. The lowest BCUT2D eigenvalue weighted by Gasteiger charge is -2.40. The first kappa shape index (κ1) is 13.6. The Morgan fingerprint density at radius 3 is 2.63 bits per heavy atom. The quantitative estimate of drug-likeness (QED) is 0.885. The van der Waals surface area contributed by atoms with E-state index in [0.29, 0.717) is 11.5 Å². The minimum atomic E-state index is -0.428. The van der Waals surface area contributed by atoms with Gasteiger partial charge in [0.25, 0.3) is 0 Å². The van der Waals surface area contributed by atoms with Crippen molar-refractivity contribution in [3.8, 4) is 0 Å².